The molecule has 2 rings (SSSR count). The van der Waals surface area contributed by atoms with Crippen molar-refractivity contribution in [3.63, 3.8) is 0 Å². The Labute approximate surface area is 93.5 Å². The van der Waals surface area contributed by atoms with Gasteiger partial charge < -0.3 is 9.67 Å². The third kappa shape index (κ3) is 2.67. The second-order valence-corrected chi connectivity index (χ2v) is 3.45. The van der Waals surface area contributed by atoms with Crippen molar-refractivity contribution in [3.8, 4) is 0 Å². The predicted molar refractivity (Wildman–Crippen MR) is 61.0 cm³/mol. The van der Waals surface area contributed by atoms with E-state index in [1.807, 2.05) is 24.7 Å². The molecule has 2 aromatic rings. The maximum absolute atomic E-state index is 7.57. The molecule has 0 unspecified atom stereocenters. The van der Waals surface area contributed by atoms with Crippen LogP contribution in [0.2, 0.25) is 5.28 Å². The SMILES string of the molecule is CCO.Cc1cn(C)c2nc(Cl)ncc12. The Morgan fingerprint density at radius 3 is 2.73 bits per heavy atom. The molecule has 0 spiro atoms. The van der Waals surface area contributed by atoms with Crippen molar-refractivity contribution in [2.45, 2.75) is 13.8 Å². The zero-order valence-corrected chi connectivity index (χ0v) is 9.78. The summed E-state index contributed by atoms with van der Waals surface area (Å²) >= 11 is 5.66. The quantitative estimate of drug-likeness (QED) is 0.700. The van der Waals surface area contributed by atoms with E-state index in [-0.39, 0.29) is 6.61 Å². The van der Waals surface area contributed by atoms with Crippen molar-refractivity contribution < 1.29 is 5.11 Å². The molecule has 1 N–H and O–H groups in total. The smallest absolute Gasteiger partial charge is 0.224 e. The highest BCUT2D eigenvalue weighted by Crippen LogP contribution is 2.17. The van der Waals surface area contributed by atoms with Gasteiger partial charge in [0.1, 0.15) is 5.65 Å². The van der Waals surface area contributed by atoms with Gasteiger partial charge in [-0.15, -0.1) is 0 Å². The van der Waals surface area contributed by atoms with Crippen molar-refractivity contribution in [1.82, 2.24) is 14.5 Å². The van der Waals surface area contributed by atoms with Crippen molar-refractivity contribution in [2.75, 3.05) is 6.61 Å². The fraction of sp³-hybridized carbons (Fsp3) is 0.400. The number of rotatable bonds is 0. The molecule has 5 heteroatoms. The van der Waals surface area contributed by atoms with Gasteiger partial charge in [0.2, 0.25) is 5.28 Å². The number of nitrogens with zero attached hydrogens (tertiary/aromatic N) is 3. The van der Waals surface area contributed by atoms with E-state index in [1.54, 1.807) is 13.1 Å². The molecule has 0 amide bonds. The van der Waals surface area contributed by atoms with Gasteiger partial charge in [0.25, 0.3) is 0 Å². The molecule has 0 bridgehead atoms. The summed E-state index contributed by atoms with van der Waals surface area (Å²) in [7, 11) is 1.94. The normalized spacial score (nSPS) is 9.93. The summed E-state index contributed by atoms with van der Waals surface area (Å²) in [6, 6.07) is 0. The van der Waals surface area contributed by atoms with Crippen LogP contribution in [0.25, 0.3) is 11.0 Å². The molecule has 0 saturated carbocycles. The first-order valence-corrected chi connectivity index (χ1v) is 5.03. The van der Waals surface area contributed by atoms with Gasteiger partial charge in [-0.2, -0.15) is 4.98 Å². The molecule has 0 aliphatic rings. The Morgan fingerprint density at radius 2 is 2.13 bits per heavy atom. The highest BCUT2D eigenvalue weighted by atomic mass is 35.5. The minimum absolute atomic E-state index is 0.250. The summed E-state index contributed by atoms with van der Waals surface area (Å²) in [5.74, 6) is 0. The molecule has 82 valence electrons. The lowest BCUT2D eigenvalue weighted by atomic mass is 10.3. The van der Waals surface area contributed by atoms with Crippen LogP contribution < -0.4 is 0 Å². The predicted octanol–water partition coefficient (Wildman–Crippen LogP) is 1.93. The van der Waals surface area contributed by atoms with Crippen LogP contribution in [0, 0.1) is 6.92 Å². The van der Waals surface area contributed by atoms with Crippen molar-refractivity contribution in [2.24, 2.45) is 7.05 Å². The summed E-state index contributed by atoms with van der Waals surface area (Å²) in [6.45, 7) is 3.96. The summed E-state index contributed by atoms with van der Waals surface area (Å²) < 4.78 is 1.94. The first kappa shape index (κ1) is 11.9. The lowest BCUT2D eigenvalue weighted by Gasteiger charge is -1.93. The fourth-order valence-electron chi connectivity index (χ4n) is 1.32. The maximum atomic E-state index is 7.57. The summed E-state index contributed by atoms with van der Waals surface area (Å²) in [4.78, 5) is 8.04. The van der Waals surface area contributed by atoms with Gasteiger partial charge in [-0.25, -0.2) is 4.98 Å². The third-order valence-corrected chi connectivity index (χ3v) is 2.07. The Kier molecular flexibility index (Phi) is 4.05. The van der Waals surface area contributed by atoms with Gasteiger partial charge in [-0.1, -0.05) is 0 Å². The standard InChI is InChI=1S/C8H8ClN3.C2H6O/c1-5-4-12(2)7-6(5)3-10-8(9)11-7;1-2-3/h3-4H,1-2H3;3H,2H2,1H3. The summed E-state index contributed by atoms with van der Waals surface area (Å²) in [5, 5.41) is 8.92. The number of hydrogen-bond donors (Lipinski definition) is 1. The zero-order chi connectivity index (χ0) is 11.4. The van der Waals surface area contributed by atoms with E-state index < -0.39 is 0 Å². The number of fused-ring (bicyclic) bond motifs is 1. The average Bonchev–Trinajstić information content (AvgIpc) is 2.43. The first-order chi connectivity index (χ1) is 7.10. The fourth-order valence-corrected chi connectivity index (χ4v) is 1.45. The van der Waals surface area contributed by atoms with Gasteiger partial charge in [0.05, 0.1) is 0 Å². The third-order valence-electron chi connectivity index (χ3n) is 1.89. The number of aromatic nitrogens is 3. The van der Waals surface area contributed by atoms with Gasteiger partial charge >= 0.3 is 0 Å². The Bertz CT molecular complexity index is 453. The Balaban J connectivity index is 0.000000337. The number of aliphatic hydroxyl groups excluding tert-OH is 1. The molecule has 0 fully saturated rings. The molecule has 0 atom stereocenters. The van der Waals surface area contributed by atoms with Crippen LogP contribution in [0.4, 0.5) is 0 Å². The molecular weight excluding hydrogens is 214 g/mol. The monoisotopic (exact) mass is 227 g/mol. The second kappa shape index (κ2) is 5.09. The minimum atomic E-state index is 0.250. The molecule has 2 aromatic heterocycles. The number of aryl methyl sites for hydroxylation is 2. The summed E-state index contributed by atoms with van der Waals surface area (Å²) in [5.41, 5.74) is 2.05. The molecule has 0 aromatic carbocycles. The van der Waals surface area contributed by atoms with Gasteiger partial charge in [0.15, 0.2) is 0 Å². The molecule has 0 aliphatic carbocycles. The van der Waals surface area contributed by atoms with E-state index >= 15 is 0 Å². The first-order valence-electron chi connectivity index (χ1n) is 4.65. The van der Waals surface area contributed by atoms with Crippen LogP contribution in [0.1, 0.15) is 12.5 Å². The van der Waals surface area contributed by atoms with Gasteiger partial charge in [-0.3, -0.25) is 0 Å². The van der Waals surface area contributed by atoms with E-state index in [4.69, 9.17) is 16.7 Å². The number of hydrogen-bond acceptors (Lipinski definition) is 3. The van der Waals surface area contributed by atoms with Crippen LogP contribution >= 0.6 is 11.6 Å². The largest absolute Gasteiger partial charge is 0.397 e. The molecule has 0 radical (unpaired) electrons. The van der Waals surface area contributed by atoms with Crippen LogP contribution in [-0.2, 0) is 7.05 Å². The molecule has 2 heterocycles. The van der Waals surface area contributed by atoms with E-state index in [2.05, 4.69) is 9.97 Å². The second-order valence-electron chi connectivity index (χ2n) is 3.12. The lowest BCUT2D eigenvalue weighted by Crippen LogP contribution is -1.89. The van der Waals surface area contributed by atoms with Crippen LogP contribution in [-0.4, -0.2) is 26.2 Å². The number of halogens is 1. The average molecular weight is 228 g/mol. The van der Waals surface area contributed by atoms with E-state index in [0.29, 0.717) is 5.28 Å². The highest BCUT2D eigenvalue weighted by molar-refractivity contribution is 6.28. The summed E-state index contributed by atoms with van der Waals surface area (Å²) in [6.07, 6.45) is 3.76. The lowest BCUT2D eigenvalue weighted by molar-refractivity contribution is 0.318. The highest BCUT2D eigenvalue weighted by Gasteiger charge is 2.04. The van der Waals surface area contributed by atoms with Gasteiger partial charge in [0, 0.05) is 31.4 Å². The van der Waals surface area contributed by atoms with E-state index in [0.717, 1.165) is 11.0 Å². The zero-order valence-electron chi connectivity index (χ0n) is 9.03. The van der Waals surface area contributed by atoms with Crippen molar-refractivity contribution >= 4 is 22.6 Å². The molecule has 15 heavy (non-hydrogen) atoms. The van der Waals surface area contributed by atoms with Crippen molar-refractivity contribution in [1.29, 1.82) is 0 Å². The van der Waals surface area contributed by atoms with Gasteiger partial charge in [-0.05, 0) is 31.0 Å². The number of aliphatic hydroxyl groups is 1. The topological polar surface area (TPSA) is 50.9 Å². The maximum Gasteiger partial charge on any atom is 0.224 e. The van der Waals surface area contributed by atoms with Crippen LogP contribution in [0.3, 0.4) is 0 Å². The molecule has 4 nitrogen and oxygen atoms in total. The molecular formula is C10H14ClN3O. The van der Waals surface area contributed by atoms with Crippen LogP contribution in [0.5, 0.6) is 0 Å². The molecule has 0 aliphatic heterocycles. The molecule has 0 saturated heterocycles. The Hall–Kier alpha value is -1.13. The van der Waals surface area contributed by atoms with Crippen LogP contribution in [0.15, 0.2) is 12.4 Å². The van der Waals surface area contributed by atoms with E-state index in [9.17, 15) is 0 Å². The van der Waals surface area contributed by atoms with Crippen molar-refractivity contribution in [3.05, 3.63) is 23.2 Å². The van der Waals surface area contributed by atoms with E-state index in [1.165, 1.54) is 5.56 Å². The Morgan fingerprint density at radius 1 is 1.53 bits per heavy atom. The minimum Gasteiger partial charge on any atom is -0.397 e.